The maximum absolute atomic E-state index is 11.7. The third-order valence-corrected chi connectivity index (χ3v) is 3.24. The van der Waals surface area contributed by atoms with Gasteiger partial charge in [-0.3, -0.25) is 4.79 Å². The average Bonchev–Trinajstić information content (AvgIpc) is 2.95. The Morgan fingerprint density at radius 2 is 2.12 bits per heavy atom. The summed E-state index contributed by atoms with van der Waals surface area (Å²) in [7, 11) is 1.27. The maximum atomic E-state index is 11.7. The fraction of sp³-hybridized carbons (Fsp3) is 0.133. The Hall–Kier alpha value is -3.49. The van der Waals surface area contributed by atoms with Gasteiger partial charge < -0.3 is 15.8 Å². The molecule has 0 aliphatic rings. The van der Waals surface area contributed by atoms with Crippen LogP contribution in [-0.4, -0.2) is 38.6 Å². The van der Waals surface area contributed by atoms with Gasteiger partial charge in [-0.2, -0.15) is 5.10 Å². The lowest BCUT2D eigenvalue weighted by Gasteiger charge is -2.06. The summed E-state index contributed by atoms with van der Waals surface area (Å²) in [5.74, 6) is -0.303. The zero-order valence-electron chi connectivity index (χ0n) is 13.0. The number of hydrogen-bond donors (Lipinski definition) is 2. The molecule has 0 fully saturated rings. The van der Waals surface area contributed by atoms with E-state index in [1.807, 2.05) is 0 Å². The number of amides is 1. The molecule has 9 nitrogen and oxygen atoms in total. The predicted octanol–water partition coefficient (Wildman–Crippen LogP) is 1.12. The number of nitrogens with one attached hydrogen (secondary N) is 1. The van der Waals surface area contributed by atoms with E-state index in [1.165, 1.54) is 24.7 Å². The van der Waals surface area contributed by atoms with E-state index in [9.17, 15) is 9.59 Å². The van der Waals surface area contributed by atoms with Crippen LogP contribution >= 0.6 is 0 Å². The number of ether oxygens (including phenoxy) is 1. The summed E-state index contributed by atoms with van der Waals surface area (Å²) in [5.41, 5.74) is 7.59. The lowest BCUT2D eigenvalue weighted by molar-refractivity contribution is -0.114. The van der Waals surface area contributed by atoms with Crippen LogP contribution in [0.1, 0.15) is 17.3 Å². The van der Waals surface area contributed by atoms with Crippen molar-refractivity contribution in [1.29, 1.82) is 0 Å². The minimum atomic E-state index is -0.571. The molecule has 122 valence electrons. The van der Waals surface area contributed by atoms with Crippen LogP contribution in [0.15, 0.2) is 30.6 Å². The molecule has 24 heavy (non-hydrogen) atoms. The SMILES string of the molecule is COC(=O)c1cc(-c2ccc3nc(NC(C)=O)cn3n2)cnc1N. The van der Waals surface area contributed by atoms with E-state index in [1.54, 1.807) is 24.4 Å². The van der Waals surface area contributed by atoms with Crippen LogP contribution in [0.4, 0.5) is 11.6 Å². The molecule has 0 atom stereocenters. The van der Waals surface area contributed by atoms with Crippen LogP contribution in [0, 0.1) is 0 Å². The number of carbonyl (C=O) groups is 2. The Morgan fingerprint density at radius 1 is 1.33 bits per heavy atom. The summed E-state index contributed by atoms with van der Waals surface area (Å²) in [5, 5.41) is 6.99. The Bertz CT molecular complexity index is 950. The van der Waals surface area contributed by atoms with E-state index in [2.05, 4.69) is 25.1 Å². The van der Waals surface area contributed by atoms with E-state index in [4.69, 9.17) is 5.73 Å². The van der Waals surface area contributed by atoms with E-state index in [-0.39, 0.29) is 17.3 Å². The van der Waals surface area contributed by atoms with Gasteiger partial charge in [0.05, 0.1) is 19.0 Å². The molecule has 3 rings (SSSR count). The van der Waals surface area contributed by atoms with Gasteiger partial charge in [0, 0.05) is 18.7 Å². The zero-order valence-corrected chi connectivity index (χ0v) is 13.0. The van der Waals surface area contributed by atoms with Crippen molar-refractivity contribution < 1.29 is 14.3 Å². The summed E-state index contributed by atoms with van der Waals surface area (Å²) in [6.07, 6.45) is 3.10. The number of nitrogen functional groups attached to an aromatic ring is 1. The van der Waals surface area contributed by atoms with Crippen LogP contribution in [0.3, 0.4) is 0 Å². The number of nitrogens with zero attached hydrogens (tertiary/aromatic N) is 4. The molecule has 0 saturated heterocycles. The molecule has 3 aromatic heterocycles. The monoisotopic (exact) mass is 326 g/mol. The number of nitrogens with two attached hydrogens (primary N) is 1. The first kappa shape index (κ1) is 15.4. The number of pyridine rings is 1. The summed E-state index contributed by atoms with van der Waals surface area (Å²) < 4.78 is 6.21. The van der Waals surface area contributed by atoms with Crippen molar-refractivity contribution in [3.8, 4) is 11.3 Å². The molecule has 0 unspecified atom stereocenters. The van der Waals surface area contributed by atoms with Gasteiger partial charge in [0.15, 0.2) is 11.5 Å². The molecular formula is C15H14N6O3. The van der Waals surface area contributed by atoms with E-state index >= 15 is 0 Å². The topological polar surface area (TPSA) is 124 Å². The Labute approximate surface area is 136 Å². The van der Waals surface area contributed by atoms with Crippen molar-refractivity contribution in [2.24, 2.45) is 0 Å². The number of imidazole rings is 1. The minimum Gasteiger partial charge on any atom is -0.465 e. The van der Waals surface area contributed by atoms with Crippen molar-refractivity contribution in [3.63, 3.8) is 0 Å². The maximum Gasteiger partial charge on any atom is 0.341 e. The van der Waals surface area contributed by atoms with Gasteiger partial charge >= 0.3 is 5.97 Å². The lowest BCUT2D eigenvalue weighted by atomic mass is 10.1. The molecule has 9 heteroatoms. The van der Waals surface area contributed by atoms with E-state index in [0.29, 0.717) is 22.7 Å². The van der Waals surface area contributed by atoms with Gasteiger partial charge in [0.25, 0.3) is 0 Å². The Balaban J connectivity index is 2.03. The van der Waals surface area contributed by atoms with Gasteiger partial charge in [-0.05, 0) is 18.2 Å². The highest BCUT2D eigenvalue weighted by Crippen LogP contribution is 2.21. The number of methoxy groups -OCH3 is 1. The molecule has 0 bridgehead atoms. The van der Waals surface area contributed by atoms with Crippen molar-refractivity contribution >= 4 is 29.2 Å². The van der Waals surface area contributed by atoms with Gasteiger partial charge in [-0.15, -0.1) is 0 Å². The first-order chi connectivity index (χ1) is 11.5. The number of anilines is 2. The highest BCUT2D eigenvalue weighted by Gasteiger charge is 2.14. The molecule has 0 spiro atoms. The number of fused-ring (bicyclic) bond motifs is 1. The molecule has 1 amide bonds. The molecule has 0 saturated carbocycles. The van der Waals surface area contributed by atoms with Crippen molar-refractivity contribution in [3.05, 3.63) is 36.2 Å². The molecule has 0 radical (unpaired) electrons. The van der Waals surface area contributed by atoms with Crippen LogP contribution in [0.25, 0.3) is 16.9 Å². The highest BCUT2D eigenvalue weighted by molar-refractivity contribution is 5.95. The highest BCUT2D eigenvalue weighted by atomic mass is 16.5. The molecule has 3 N–H and O–H groups in total. The predicted molar refractivity (Wildman–Crippen MR) is 86.3 cm³/mol. The summed E-state index contributed by atoms with van der Waals surface area (Å²) >= 11 is 0. The van der Waals surface area contributed by atoms with Crippen molar-refractivity contribution in [2.45, 2.75) is 6.92 Å². The third-order valence-electron chi connectivity index (χ3n) is 3.24. The molecular weight excluding hydrogens is 312 g/mol. The van der Waals surface area contributed by atoms with Crippen LogP contribution in [0.2, 0.25) is 0 Å². The minimum absolute atomic E-state index is 0.0854. The van der Waals surface area contributed by atoms with Gasteiger partial charge in [-0.1, -0.05) is 0 Å². The molecule has 3 heterocycles. The fourth-order valence-electron chi connectivity index (χ4n) is 2.17. The second-order valence-electron chi connectivity index (χ2n) is 4.98. The Morgan fingerprint density at radius 3 is 2.83 bits per heavy atom. The quantitative estimate of drug-likeness (QED) is 0.691. The van der Waals surface area contributed by atoms with Crippen LogP contribution in [-0.2, 0) is 9.53 Å². The number of esters is 1. The fourth-order valence-corrected chi connectivity index (χ4v) is 2.17. The summed E-state index contributed by atoms with van der Waals surface area (Å²) in [4.78, 5) is 31.0. The first-order valence-corrected chi connectivity index (χ1v) is 6.96. The van der Waals surface area contributed by atoms with Crippen molar-refractivity contribution in [2.75, 3.05) is 18.2 Å². The van der Waals surface area contributed by atoms with E-state index < -0.39 is 5.97 Å². The Kier molecular flexibility index (Phi) is 3.82. The average molecular weight is 326 g/mol. The number of rotatable bonds is 3. The molecule has 0 aromatic carbocycles. The second kappa shape index (κ2) is 5.95. The number of hydrogen-bond acceptors (Lipinski definition) is 7. The van der Waals surface area contributed by atoms with Gasteiger partial charge in [0.1, 0.15) is 11.4 Å². The second-order valence-corrected chi connectivity index (χ2v) is 4.98. The lowest BCUT2D eigenvalue weighted by Crippen LogP contribution is -2.07. The standard InChI is InChI=1S/C15H14N6O3/c1-8(22)18-12-7-21-13(19-12)4-3-11(20-21)9-5-10(15(23)24-2)14(16)17-6-9/h3-7H,1-2H3,(H2,16,17)(H,18,22). The van der Waals surface area contributed by atoms with E-state index in [0.717, 1.165) is 0 Å². The smallest absolute Gasteiger partial charge is 0.341 e. The zero-order chi connectivity index (χ0) is 17.3. The summed E-state index contributed by atoms with van der Waals surface area (Å²) in [6.45, 7) is 1.40. The number of aromatic nitrogens is 4. The molecule has 0 aliphatic carbocycles. The van der Waals surface area contributed by atoms with Crippen LogP contribution in [0.5, 0.6) is 0 Å². The largest absolute Gasteiger partial charge is 0.465 e. The van der Waals surface area contributed by atoms with Gasteiger partial charge in [-0.25, -0.2) is 19.3 Å². The molecule has 3 aromatic rings. The molecule has 0 aliphatic heterocycles. The number of carbonyl (C=O) groups excluding carboxylic acids is 2. The van der Waals surface area contributed by atoms with Gasteiger partial charge in [0.2, 0.25) is 5.91 Å². The normalized spacial score (nSPS) is 10.6. The summed E-state index contributed by atoms with van der Waals surface area (Å²) in [6, 6.07) is 5.03. The van der Waals surface area contributed by atoms with Crippen molar-refractivity contribution in [1.82, 2.24) is 19.6 Å². The third kappa shape index (κ3) is 2.86. The first-order valence-electron chi connectivity index (χ1n) is 6.96. The van der Waals surface area contributed by atoms with Crippen LogP contribution < -0.4 is 11.1 Å².